The Morgan fingerprint density at radius 1 is 1.15 bits per heavy atom. The average Bonchev–Trinajstić information content (AvgIpc) is 2.99. The minimum atomic E-state index is -0.717. The molecule has 2 unspecified atom stereocenters. The molecule has 0 amide bonds. The highest BCUT2D eigenvalue weighted by Gasteiger charge is 2.66. The molecule has 4 heteroatoms. The number of rotatable bonds is 2. The molecule has 0 spiro atoms. The van der Waals surface area contributed by atoms with Gasteiger partial charge in [-0.1, -0.05) is 26.3 Å². The van der Waals surface area contributed by atoms with Gasteiger partial charge in [0.05, 0.1) is 18.6 Å². The van der Waals surface area contributed by atoms with Crippen molar-refractivity contribution in [3.8, 4) is 0 Å². The minimum absolute atomic E-state index is 0.0851. The zero-order valence-electron chi connectivity index (χ0n) is 17.2. The number of esters is 1. The first-order valence-corrected chi connectivity index (χ1v) is 10.7. The van der Waals surface area contributed by atoms with E-state index in [1.165, 1.54) is 12.7 Å². The third kappa shape index (κ3) is 2.44. The molecular weight excluding hydrogens is 340 g/mol. The summed E-state index contributed by atoms with van der Waals surface area (Å²) in [5, 5.41) is 12.0. The lowest BCUT2D eigenvalue weighted by atomic mass is 9.44. The van der Waals surface area contributed by atoms with Gasteiger partial charge in [0.25, 0.3) is 0 Å². The Labute approximate surface area is 162 Å². The molecule has 0 aliphatic heterocycles. The van der Waals surface area contributed by atoms with Crippen LogP contribution in [0.4, 0.5) is 0 Å². The number of aliphatic hydroxyl groups is 1. The first kappa shape index (κ1) is 19.2. The molecule has 0 aromatic carbocycles. The number of ether oxygens (including phenoxy) is 1. The molecule has 0 saturated heterocycles. The van der Waals surface area contributed by atoms with Crippen molar-refractivity contribution in [1.82, 2.24) is 0 Å². The lowest BCUT2D eigenvalue weighted by Gasteiger charge is -2.63. The number of carbonyl (C=O) groups is 2. The summed E-state index contributed by atoms with van der Waals surface area (Å²) in [7, 11) is 1.48. The van der Waals surface area contributed by atoms with Crippen molar-refractivity contribution in [1.29, 1.82) is 0 Å². The molecule has 0 radical (unpaired) electrons. The van der Waals surface area contributed by atoms with Crippen molar-refractivity contribution in [2.45, 2.75) is 77.7 Å². The van der Waals surface area contributed by atoms with Crippen molar-refractivity contribution in [3.05, 3.63) is 11.6 Å². The fourth-order valence-electron chi connectivity index (χ4n) is 7.71. The van der Waals surface area contributed by atoms with E-state index in [1.54, 1.807) is 0 Å². The standard InChI is InChI=1S/C23H34O4/c1-14(20(25)27-4)17-7-8-18-19-6-5-15-13-16(24)9-10-22(15,3)23(19,26)12-11-21(17,18)2/h13-14,17-19,26H,5-12H2,1-4H3/t14?,17-,18+,19+,21-,22+,23?/m1/s1. The van der Waals surface area contributed by atoms with Gasteiger partial charge in [0.2, 0.25) is 0 Å². The first-order chi connectivity index (χ1) is 12.7. The molecule has 4 rings (SSSR count). The van der Waals surface area contributed by atoms with Crippen LogP contribution in [0.5, 0.6) is 0 Å². The first-order valence-electron chi connectivity index (χ1n) is 10.7. The summed E-state index contributed by atoms with van der Waals surface area (Å²) in [6.45, 7) is 6.57. The van der Waals surface area contributed by atoms with Crippen LogP contribution in [0.2, 0.25) is 0 Å². The summed E-state index contributed by atoms with van der Waals surface area (Å²) >= 11 is 0. The molecule has 150 valence electrons. The summed E-state index contributed by atoms with van der Waals surface area (Å²) in [4.78, 5) is 24.2. The van der Waals surface area contributed by atoms with E-state index in [-0.39, 0.29) is 34.4 Å². The zero-order chi connectivity index (χ0) is 19.6. The predicted octanol–water partition coefficient (Wildman–Crippen LogP) is 4.06. The van der Waals surface area contributed by atoms with Crippen LogP contribution in [0.15, 0.2) is 11.6 Å². The van der Waals surface area contributed by atoms with Crippen LogP contribution in [-0.2, 0) is 14.3 Å². The maximum atomic E-state index is 12.2. The van der Waals surface area contributed by atoms with E-state index in [0.717, 1.165) is 44.9 Å². The quantitative estimate of drug-likeness (QED) is 0.741. The summed E-state index contributed by atoms with van der Waals surface area (Å²) in [6, 6.07) is 0. The number of ketones is 1. The maximum Gasteiger partial charge on any atom is 0.308 e. The van der Waals surface area contributed by atoms with Crippen molar-refractivity contribution in [3.63, 3.8) is 0 Å². The van der Waals surface area contributed by atoms with Crippen LogP contribution in [0, 0.1) is 34.5 Å². The highest BCUT2D eigenvalue weighted by Crippen LogP contribution is 2.68. The van der Waals surface area contributed by atoms with Gasteiger partial charge in [0.15, 0.2) is 5.78 Å². The van der Waals surface area contributed by atoms with Gasteiger partial charge in [0.1, 0.15) is 0 Å². The summed E-state index contributed by atoms with van der Waals surface area (Å²) in [5.74, 6) is 1.08. The SMILES string of the molecule is COC(=O)C(C)[C@H]1CC[C@H]2[C@@H]3CCC4=CC(=O)CC[C@]4(C)C3(O)CC[C@]12C. The number of fused-ring (bicyclic) bond motifs is 5. The Morgan fingerprint density at radius 3 is 2.59 bits per heavy atom. The van der Waals surface area contributed by atoms with Crippen molar-refractivity contribution in [2.24, 2.45) is 34.5 Å². The van der Waals surface area contributed by atoms with Crippen molar-refractivity contribution < 1.29 is 19.4 Å². The van der Waals surface area contributed by atoms with Crippen LogP contribution in [0.25, 0.3) is 0 Å². The molecule has 4 nitrogen and oxygen atoms in total. The van der Waals surface area contributed by atoms with E-state index in [1.807, 2.05) is 13.0 Å². The Kier molecular flexibility index (Phi) is 4.38. The smallest absolute Gasteiger partial charge is 0.308 e. The van der Waals surface area contributed by atoms with Crippen molar-refractivity contribution in [2.75, 3.05) is 7.11 Å². The molecule has 27 heavy (non-hydrogen) atoms. The monoisotopic (exact) mass is 374 g/mol. The molecule has 4 aliphatic rings. The summed E-state index contributed by atoms with van der Waals surface area (Å²) in [5.41, 5.74) is 0.286. The normalized spacial score (nSPS) is 47.4. The van der Waals surface area contributed by atoms with Gasteiger partial charge >= 0.3 is 5.97 Å². The molecular formula is C23H34O4. The second-order valence-corrected chi connectivity index (χ2v) is 10.1. The topological polar surface area (TPSA) is 63.6 Å². The predicted molar refractivity (Wildman–Crippen MR) is 103 cm³/mol. The summed E-state index contributed by atoms with van der Waals surface area (Å²) in [6.07, 6.45) is 8.91. The molecule has 3 saturated carbocycles. The third-order valence-electron chi connectivity index (χ3n) is 9.40. The van der Waals surface area contributed by atoms with Gasteiger partial charge in [-0.25, -0.2) is 0 Å². The second kappa shape index (κ2) is 6.17. The van der Waals surface area contributed by atoms with Gasteiger partial charge in [-0.3, -0.25) is 9.59 Å². The molecule has 0 aromatic heterocycles. The van der Waals surface area contributed by atoms with E-state index in [0.29, 0.717) is 18.3 Å². The lowest BCUT2D eigenvalue weighted by molar-refractivity contribution is -0.194. The van der Waals surface area contributed by atoms with E-state index >= 15 is 0 Å². The average molecular weight is 375 g/mol. The zero-order valence-corrected chi connectivity index (χ0v) is 17.2. The number of methoxy groups -OCH3 is 1. The van der Waals surface area contributed by atoms with Crippen molar-refractivity contribution >= 4 is 11.8 Å². The highest BCUT2D eigenvalue weighted by molar-refractivity contribution is 5.91. The Hall–Kier alpha value is -1.16. The van der Waals surface area contributed by atoms with Crippen LogP contribution in [0.3, 0.4) is 0 Å². The fourth-order valence-corrected chi connectivity index (χ4v) is 7.71. The molecule has 0 aromatic rings. The van der Waals surface area contributed by atoms with Gasteiger partial charge in [-0.05, 0) is 74.2 Å². The minimum Gasteiger partial charge on any atom is -0.469 e. The van der Waals surface area contributed by atoms with Crippen LogP contribution >= 0.6 is 0 Å². The molecule has 0 bridgehead atoms. The van der Waals surface area contributed by atoms with Gasteiger partial charge in [-0.15, -0.1) is 0 Å². The van der Waals surface area contributed by atoms with Crippen LogP contribution in [-0.4, -0.2) is 29.6 Å². The van der Waals surface area contributed by atoms with Crippen LogP contribution in [0.1, 0.15) is 72.1 Å². The number of carbonyl (C=O) groups excluding carboxylic acids is 2. The molecule has 0 heterocycles. The molecule has 3 fully saturated rings. The lowest BCUT2D eigenvalue weighted by Crippen LogP contribution is -2.63. The molecule has 4 aliphatic carbocycles. The fraction of sp³-hybridized carbons (Fsp3) is 0.826. The Balaban J connectivity index is 1.67. The van der Waals surface area contributed by atoms with Gasteiger partial charge < -0.3 is 9.84 Å². The van der Waals surface area contributed by atoms with Gasteiger partial charge in [0, 0.05) is 11.8 Å². The Bertz CT molecular complexity index is 696. The molecule has 1 N–H and O–H groups in total. The summed E-state index contributed by atoms with van der Waals surface area (Å²) < 4.78 is 5.04. The van der Waals surface area contributed by atoms with E-state index in [9.17, 15) is 14.7 Å². The van der Waals surface area contributed by atoms with Crippen LogP contribution < -0.4 is 0 Å². The van der Waals surface area contributed by atoms with Gasteiger partial charge in [-0.2, -0.15) is 0 Å². The number of hydrogen-bond acceptors (Lipinski definition) is 4. The number of hydrogen-bond donors (Lipinski definition) is 1. The van der Waals surface area contributed by atoms with E-state index in [4.69, 9.17) is 4.74 Å². The Morgan fingerprint density at radius 2 is 1.89 bits per heavy atom. The second-order valence-electron chi connectivity index (χ2n) is 10.1. The third-order valence-corrected chi connectivity index (χ3v) is 9.40. The highest BCUT2D eigenvalue weighted by atomic mass is 16.5. The largest absolute Gasteiger partial charge is 0.469 e. The maximum absolute atomic E-state index is 12.2. The van der Waals surface area contributed by atoms with E-state index in [2.05, 4.69) is 13.8 Å². The molecule has 7 atom stereocenters. The van der Waals surface area contributed by atoms with E-state index < -0.39 is 5.60 Å².